The number of benzene rings is 2. The summed E-state index contributed by atoms with van der Waals surface area (Å²) in [6.45, 7) is 0. The fourth-order valence-corrected chi connectivity index (χ4v) is 1.48. The molecule has 2 heteroatoms. The smallest absolute Gasteiger partial charge is 0.0563 e. The molecule has 2 nitrogen and oxygen atoms in total. The average molecular weight is 184 g/mol. The molecule has 2 aromatic rings. The molecule has 0 saturated carbocycles. The van der Waals surface area contributed by atoms with E-state index in [0.29, 0.717) is 0 Å². The van der Waals surface area contributed by atoms with E-state index in [-0.39, 0.29) is 0 Å². The maximum atomic E-state index is 5.44. The summed E-state index contributed by atoms with van der Waals surface area (Å²) in [5.74, 6) is 5.44. The van der Waals surface area contributed by atoms with E-state index in [1.165, 1.54) is 5.56 Å². The SMILES string of the molecule is NNc1ccccc1-c1ccccc1. The Morgan fingerprint density at radius 2 is 1.43 bits per heavy atom. The van der Waals surface area contributed by atoms with E-state index >= 15 is 0 Å². The topological polar surface area (TPSA) is 38.0 Å². The third kappa shape index (κ3) is 1.60. The standard InChI is InChI=1S/C12H12N2/c13-14-12-9-5-4-8-11(12)10-6-2-1-3-7-10/h1-9,14H,13H2. The predicted molar refractivity (Wildman–Crippen MR) is 59.7 cm³/mol. The molecule has 0 aliphatic carbocycles. The van der Waals surface area contributed by atoms with Crippen molar-refractivity contribution >= 4 is 5.69 Å². The van der Waals surface area contributed by atoms with Crippen molar-refractivity contribution in [1.29, 1.82) is 0 Å². The number of nitrogens with one attached hydrogen (secondary N) is 1. The number of nitrogen functional groups attached to an aromatic ring is 1. The first-order valence-electron chi connectivity index (χ1n) is 4.53. The van der Waals surface area contributed by atoms with Crippen LogP contribution in [-0.2, 0) is 0 Å². The van der Waals surface area contributed by atoms with Crippen molar-refractivity contribution in [1.82, 2.24) is 0 Å². The molecule has 0 fully saturated rings. The first-order valence-corrected chi connectivity index (χ1v) is 4.53. The molecule has 0 amide bonds. The third-order valence-electron chi connectivity index (χ3n) is 2.17. The van der Waals surface area contributed by atoms with Gasteiger partial charge in [0.2, 0.25) is 0 Å². The summed E-state index contributed by atoms with van der Waals surface area (Å²) in [5.41, 5.74) is 5.93. The van der Waals surface area contributed by atoms with Crippen LogP contribution in [-0.4, -0.2) is 0 Å². The molecule has 0 aromatic heterocycles. The lowest BCUT2D eigenvalue weighted by atomic mass is 10.0. The van der Waals surface area contributed by atoms with Gasteiger partial charge in [-0.3, -0.25) is 5.84 Å². The third-order valence-corrected chi connectivity index (χ3v) is 2.17. The van der Waals surface area contributed by atoms with Crippen molar-refractivity contribution in [2.45, 2.75) is 0 Å². The molecule has 0 unspecified atom stereocenters. The molecular formula is C12H12N2. The summed E-state index contributed by atoms with van der Waals surface area (Å²) in [4.78, 5) is 0. The number of hydrogen-bond donors (Lipinski definition) is 2. The lowest BCUT2D eigenvalue weighted by molar-refractivity contribution is 1.35. The largest absolute Gasteiger partial charge is 0.324 e. The van der Waals surface area contributed by atoms with Crippen LogP contribution in [0.4, 0.5) is 5.69 Å². The Kier molecular flexibility index (Phi) is 2.47. The maximum Gasteiger partial charge on any atom is 0.0563 e. The number of rotatable bonds is 2. The van der Waals surface area contributed by atoms with Gasteiger partial charge in [-0.15, -0.1) is 0 Å². The van der Waals surface area contributed by atoms with Crippen LogP contribution in [0.3, 0.4) is 0 Å². The van der Waals surface area contributed by atoms with Crippen LogP contribution in [0.5, 0.6) is 0 Å². The predicted octanol–water partition coefficient (Wildman–Crippen LogP) is 2.64. The van der Waals surface area contributed by atoms with Crippen molar-refractivity contribution in [3.63, 3.8) is 0 Å². The zero-order valence-corrected chi connectivity index (χ0v) is 7.77. The van der Waals surface area contributed by atoms with E-state index in [0.717, 1.165) is 11.3 Å². The Hall–Kier alpha value is -1.80. The molecule has 0 aliphatic rings. The van der Waals surface area contributed by atoms with E-state index in [1.807, 2.05) is 42.5 Å². The molecular weight excluding hydrogens is 172 g/mol. The fraction of sp³-hybridized carbons (Fsp3) is 0. The molecule has 0 atom stereocenters. The van der Waals surface area contributed by atoms with Gasteiger partial charge < -0.3 is 5.43 Å². The van der Waals surface area contributed by atoms with Crippen molar-refractivity contribution in [2.75, 3.05) is 5.43 Å². The van der Waals surface area contributed by atoms with Gasteiger partial charge >= 0.3 is 0 Å². The second-order valence-electron chi connectivity index (χ2n) is 3.06. The van der Waals surface area contributed by atoms with Crippen LogP contribution in [0.25, 0.3) is 11.1 Å². The molecule has 0 saturated heterocycles. The lowest BCUT2D eigenvalue weighted by Crippen LogP contribution is -2.07. The number of hydrogen-bond acceptors (Lipinski definition) is 2. The zero-order chi connectivity index (χ0) is 9.80. The molecule has 14 heavy (non-hydrogen) atoms. The van der Waals surface area contributed by atoms with E-state index in [1.54, 1.807) is 0 Å². The highest BCUT2D eigenvalue weighted by molar-refractivity contribution is 5.77. The molecule has 0 radical (unpaired) electrons. The Morgan fingerprint density at radius 1 is 0.786 bits per heavy atom. The second kappa shape index (κ2) is 3.94. The van der Waals surface area contributed by atoms with E-state index < -0.39 is 0 Å². The van der Waals surface area contributed by atoms with Crippen molar-refractivity contribution < 1.29 is 0 Å². The number of para-hydroxylation sites is 1. The fourth-order valence-electron chi connectivity index (χ4n) is 1.48. The minimum absolute atomic E-state index is 0.943. The van der Waals surface area contributed by atoms with Crippen LogP contribution in [0, 0.1) is 0 Å². The van der Waals surface area contributed by atoms with Gasteiger partial charge in [-0.2, -0.15) is 0 Å². The van der Waals surface area contributed by atoms with Gasteiger partial charge in [-0.05, 0) is 11.6 Å². The summed E-state index contributed by atoms with van der Waals surface area (Å²) < 4.78 is 0. The maximum absolute atomic E-state index is 5.44. The average Bonchev–Trinajstić information content (AvgIpc) is 2.30. The van der Waals surface area contributed by atoms with Crippen LogP contribution in [0.15, 0.2) is 54.6 Å². The van der Waals surface area contributed by atoms with Gasteiger partial charge in [-0.25, -0.2) is 0 Å². The summed E-state index contributed by atoms with van der Waals surface area (Å²) in [5, 5.41) is 0. The highest BCUT2D eigenvalue weighted by Crippen LogP contribution is 2.26. The van der Waals surface area contributed by atoms with Crippen molar-refractivity contribution in [3.05, 3.63) is 54.6 Å². The first-order chi connectivity index (χ1) is 6.92. The molecule has 0 bridgehead atoms. The lowest BCUT2D eigenvalue weighted by Gasteiger charge is -2.07. The first kappa shape index (κ1) is 8.78. The minimum Gasteiger partial charge on any atom is -0.324 e. The van der Waals surface area contributed by atoms with Gasteiger partial charge in [-0.1, -0.05) is 48.5 Å². The summed E-state index contributed by atoms with van der Waals surface area (Å²) >= 11 is 0. The Balaban J connectivity index is 2.51. The van der Waals surface area contributed by atoms with Gasteiger partial charge in [0.1, 0.15) is 0 Å². The van der Waals surface area contributed by atoms with E-state index in [9.17, 15) is 0 Å². The summed E-state index contributed by atoms with van der Waals surface area (Å²) in [7, 11) is 0. The molecule has 2 rings (SSSR count). The second-order valence-corrected chi connectivity index (χ2v) is 3.06. The van der Waals surface area contributed by atoms with Crippen LogP contribution >= 0.6 is 0 Å². The molecule has 3 N–H and O–H groups in total. The highest BCUT2D eigenvalue weighted by atomic mass is 15.2. The Labute approximate surface area is 83.3 Å². The quantitative estimate of drug-likeness (QED) is 0.556. The molecule has 0 heterocycles. The molecule has 0 spiro atoms. The van der Waals surface area contributed by atoms with Crippen LogP contribution in [0.1, 0.15) is 0 Å². The van der Waals surface area contributed by atoms with Gasteiger partial charge in [0.25, 0.3) is 0 Å². The monoisotopic (exact) mass is 184 g/mol. The number of nitrogens with two attached hydrogens (primary N) is 1. The van der Waals surface area contributed by atoms with Crippen LogP contribution < -0.4 is 11.3 Å². The van der Waals surface area contributed by atoms with Gasteiger partial charge in [0, 0.05) is 5.56 Å². The zero-order valence-electron chi connectivity index (χ0n) is 7.77. The summed E-state index contributed by atoms with van der Waals surface area (Å²) in [6.07, 6.45) is 0. The summed E-state index contributed by atoms with van der Waals surface area (Å²) in [6, 6.07) is 18.1. The number of hydrazine groups is 1. The minimum atomic E-state index is 0.943. The highest BCUT2D eigenvalue weighted by Gasteiger charge is 2.00. The molecule has 70 valence electrons. The Morgan fingerprint density at radius 3 is 2.14 bits per heavy atom. The van der Waals surface area contributed by atoms with E-state index in [4.69, 9.17) is 5.84 Å². The number of anilines is 1. The molecule has 0 aliphatic heterocycles. The van der Waals surface area contributed by atoms with E-state index in [2.05, 4.69) is 17.6 Å². The van der Waals surface area contributed by atoms with Gasteiger partial charge in [0.05, 0.1) is 5.69 Å². The van der Waals surface area contributed by atoms with Crippen molar-refractivity contribution in [3.8, 4) is 11.1 Å². The van der Waals surface area contributed by atoms with Crippen LogP contribution in [0.2, 0.25) is 0 Å². The normalized spacial score (nSPS) is 9.79. The Bertz CT molecular complexity index is 410. The van der Waals surface area contributed by atoms with Crippen molar-refractivity contribution in [2.24, 2.45) is 5.84 Å². The molecule has 2 aromatic carbocycles. The van der Waals surface area contributed by atoms with Gasteiger partial charge in [0.15, 0.2) is 0 Å².